The average molecular weight is 266 g/mol. The number of rotatable bonds is 3. The molecule has 0 fully saturated rings. The van der Waals surface area contributed by atoms with Crippen molar-refractivity contribution in [1.29, 1.82) is 0 Å². The van der Waals surface area contributed by atoms with E-state index in [9.17, 15) is 0 Å². The zero-order valence-electron chi connectivity index (χ0n) is 10.7. The number of benzene rings is 1. The van der Waals surface area contributed by atoms with E-state index in [1.54, 1.807) is 7.11 Å². The predicted molar refractivity (Wildman–Crippen MR) is 72.8 cm³/mol. The monoisotopic (exact) mass is 265 g/mol. The Bertz CT molecular complexity index is 578. The second-order valence-electron chi connectivity index (χ2n) is 4.13. The van der Waals surface area contributed by atoms with Crippen LogP contribution in [0, 0.1) is 6.92 Å². The minimum Gasteiger partial charge on any atom is -0.496 e. The average Bonchev–Trinajstić information content (AvgIpc) is 2.64. The van der Waals surface area contributed by atoms with E-state index in [2.05, 4.69) is 4.98 Å². The highest BCUT2D eigenvalue weighted by atomic mass is 35.5. The van der Waals surface area contributed by atoms with E-state index in [-0.39, 0.29) is 0 Å². The molecule has 0 unspecified atom stereocenters. The summed E-state index contributed by atoms with van der Waals surface area (Å²) in [5.41, 5.74) is 8.53. The molecule has 0 saturated heterocycles. The second kappa shape index (κ2) is 5.00. The van der Waals surface area contributed by atoms with Crippen molar-refractivity contribution in [2.75, 3.05) is 7.11 Å². The van der Waals surface area contributed by atoms with Gasteiger partial charge in [0.15, 0.2) is 5.15 Å². The van der Waals surface area contributed by atoms with Crippen LogP contribution in [-0.2, 0) is 13.6 Å². The third-order valence-electron chi connectivity index (χ3n) is 2.94. The van der Waals surface area contributed by atoms with Gasteiger partial charge in [-0.3, -0.25) is 0 Å². The zero-order valence-corrected chi connectivity index (χ0v) is 11.5. The van der Waals surface area contributed by atoms with Crippen molar-refractivity contribution < 1.29 is 4.74 Å². The van der Waals surface area contributed by atoms with Crippen molar-refractivity contribution in [3.05, 3.63) is 34.7 Å². The fourth-order valence-corrected chi connectivity index (χ4v) is 2.32. The normalized spacial score (nSPS) is 10.7. The standard InChI is InChI=1S/C13H16ClN3O/c1-8-4-5-10(18-3)9(6-8)12-13(14)16-11(7-15)17(12)2/h4-6H,7,15H2,1-3H3. The lowest BCUT2D eigenvalue weighted by Gasteiger charge is -2.11. The number of halogens is 1. The summed E-state index contributed by atoms with van der Waals surface area (Å²) in [6, 6.07) is 5.95. The van der Waals surface area contributed by atoms with E-state index >= 15 is 0 Å². The number of aryl methyl sites for hydroxylation is 1. The molecule has 2 rings (SSSR count). The summed E-state index contributed by atoms with van der Waals surface area (Å²) in [5, 5.41) is 0.446. The van der Waals surface area contributed by atoms with E-state index in [1.807, 2.05) is 36.7 Å². The molecule has 5 heteroatoms. The Morgan fingerprint density at radius 3 is 2.72 bits per heavy atom. The molecule has 0 amide bonds. The van der Waals surface area contributed by atoms with Crippen LogP contribution in [-0.4, -0.2) is 16.7 Å². The van der Waals surface area contributed by atoms with Gasteiger partial charge in [0.25, 0.3) is 0 Å². The fourth-order valence-electron chi connectivity index (χ4n) is 1.99. The molecule has 2 aromatic rings. The van der Waals surface area contributed by atoms with Crippen LogP contribution in [0.4, 0.5) is 0 Å². The fraction of sp³-hybridized carbons (Fsp3) is 0.308. The first-order valence-corrected chi connectivity index (χ1v) is 6.02. The largest absolute Gasteiger partial charge is 0.496 e. The summed E-state index contributed by atoms with van der Waals surface area (Å²) in [7, 11) is 3.54. The van der Waals surface area contributed by atoms with Crippen LogP contribution in [0.15, 0.2) is 18.2 Å². The molecule has 1 heterocycles. The van der Waals surface area contributed by atoms with Crippen LogP contribution in [0.2, 0.25) is 5.15 Å². The van der Waals surface area contributed by atoms with Gasteiger partial charge < -0.3 is 15.0 Å². The number of imidazole rings is 1. The van der Waals surface area contributed by atoms with Crippen molar-refractivity contribution >= 4 is 11.6 Å². The van der Waals surface area contributed by atoms with Crippen molar-refractivity contribution in [3.63, 3.8) is 0 Å². The van der Waals surface area contributed by atoms with E-state index in [4.69, 9.17) is 22.1 Å². The maximum Gasteiger partial charge on any atom is 0.155 e. The zero-order chi connectivity index (χ0) is 13.3. The van der Waals surface area contributed by atoms with Gasteiger partial charge in [0.2, 0.25) is 0 Å². The third-order valence-corrected chi connectivity index (χ3v) is 3.20. The quantitative estimate of drug-likeness (QED) is 0.928. The lowest BCUT2D eigenvalue weighted by atomic mass is 10.1. The summed E-state index contributed by atoms with van der Waals surface area (Å²) in [6.45, 7) is 2.38. The van der Waals surface area contributed by atoms with E-state index < -0.39 is 0 Å². The molecule has 4 nitrogen and oxygen atoms in total. The molecular weight excluding hydrogens is 250 g/mol. The lowest BCUT2D eigenvalue weighted by Crippen LogP contribution is -2.05. The molecule has 0 atom stereocenters. The molecule has 1 aromatic heterocycles. The Morgan fingerprint density at radius 2 is 2.17 bits per heavy atom. The van der Waals surface area contributed by atoms with Gasteiger partial charge in [-0.05, 0) is 19.1 Å². The number of nitrogens with two attached hydrogens (primary N) is 1. The van der Waals surface area contributed by atoms with Crippen molar-refractivity contribution in [3.8, 4) is 17.0 Å². The van der Waals surface area contributed by atoms with Gasteiger partial charge in [0.1, 0.15) is 11.6 Å². The van der Waals surface area contributed by atoms with Gasteiger partial charge in [-0.1, -0.05) is 23.2 Å². The van der Waals surface area contributed by atoms with Gasteiger partial charge in [-0.2, -0.15) is 0 Å². The maximum atomic E-state index is 6.20. The Balaban J connectivity index is 2.68. The molecule has 0 saturated carbocycles. The summed E-state index contributed by atoms with van der Waals surface area (Å²) in [5.74, 6) is 1.52. The minimum atomic E-state index is 0.352. The summed E-state index contributed by atoms with van der Waals surface area (Å²) < 4.78 is 7.28. The number of hydrogen-bond acceptors (Lipinski definition) is 3. The third kappa shape index (κ3) is 2.09. The van der Waals surface area contributed by atoms with Crippen LogP contribution < -0.4 is 10.5 Å². The van der Waals surface area contributed by atoms with Crippen LogP contribution in [0.5, 0.6) is 5.75 Å². The number of aromatic nitrogens is 2. The van der Waals surface area contributed by atoms with Crippen molar-refractivity contribution in [1.82, 2.24) is 9.55 Å². The molecule has 96 valence electrons. The highest BCUT2D eigenvalue weighted by molar-refractivity contribution is 6.32. The second-order valence-corrected chi connectivity index (χ2v) is 4.49. The Hall–Kier alpha value is -1.52. The number of hydrogen-bond donors (Lipinski definition) is 1. The van der Waals surface area contributed by atoms with Crippen LogP contribution >= 0.6 is 11.6 Å². The highest BCUT2D eigenvalue weighted by Gasteiger charge is 2.17. The van der Waals surface area contributed by atoms with Crippen LogP contribution in [0.25, 0.3) is 11.3 Å². The molecule has 0 aliphatic rings. The van der Waals surface area contributed by atoms with Gasteiger partial charge >= 0.3 is 0 Å². The van der Waals surface area contributed by atoms with Gasteiger partial charge in [0, 0.05) is 12.6 Å². The maximum absolute atomic E-state index is 6.20. The van der Waals surface area contributed by atoms with Crippen molar-refractivity contribution in [2.45, 2.75) is 13.5 Å². The molecule has 1 aromatic carbocycles. The molecule has 2 N–H and O–H groups in total. The molecular formula is C13H16ClN3O. The van der Waals surface area contributed by atoms with Gasteiger partial charge in [-0.15, -0.1) is 0 Å². The Labute approximate surface area is 111 Å². The Morgan fingerprint density at radius 1 is 1.44 bits per heavy atom. The molecule has 0 aliphatic heterocycles. The number of methoxy groups -OCH3 is 1. The minimum absolute atomic E-state index is 0.352. The summed E-state index contributed by atoms with van der Waals surface area (Å²) in [6.07, 6.45) is 0. The molecule has 0 radical (unpaired) electrons. The molecule has 0 spiro atoms. The van der Waals surface area contributed by atoms with E-state index in [1.165, 1.54) is 0 Å². The smallest absolute Gasteiger partial charge is 0.155 e. The van der Waals surface area contributed by atoms with Crippen molar-refractivity contribution in [2.24, 2.45) is 12.8 Å². The first-order chi connectivity index (χ1) is 8.58. The summed E-state index contributed by atoms with van der Waals surface area (Å²) >= 11 is 6.20. The summed E-state index contributed by atoms with van der Waals surface area (Å²) in [4.78, 5) is 4.26. The van der Waals surface area contributed by atoms with E-state index in [0.29, 0.717) is 11.7 Å². The predicted octanol–water partition coefficient (Wildman–Crippen LogP) is 2.52. The molecule has 0 bridgehead atoms. The van der Waals surface area contributed by atoms with Gasteiger partial charge in [-0.25, -0.2) is 4.98 Å². The number of ether oxygens (including phenoxy) is 1. The van der Waals surface area contributed by atoms with Crippen LogP contribution in [0.3, 0.4) is 0 Å². The topological polar surface area (TPSA) is 53.1 Å². The molecule has 18 heavy (non-hydrogen) atoms. The number of nitrogens with zero attached hydrogens (tertiary/aromatic N) is 2. The highest BCUT2D eigenvalue weighted by Crippen LogP contribution is 2.35. The lowest BCUT2D eigenvalue weighted by molar-refractivity contribution is 0.416. The molecule has 0 aliphatic carbocycles. The SMILES string of the molecule is COc1ccc(C)cc1-c1c(Cl)nc(CN)n1C. The van der Waals surface area contributed by atoms with Gasteiger partial charge in [0.05, 0.1) is 19.3 Å². The first-order valence-electron chi connectivity index (χ1n) is 5.64. The van der Waals surface area contributed by atoms with E-state index in [0.717, 1.165) is 28.4 Å². The van der Waals surface area contributed by atoms with Crippen LogP contribution in [0.1, 0.15) is 11.4 Å². The Kier molecular flexibility index (Phi) is 3.59. The first kappa shape index (κ1) is 12.9.